The summed E-state index contributed by atoms with van der Waals surface area (Å²) in [7, 11) is -3.76. The summed E-state index contributed by atoms with van der Waals surface area (Å²) in [6, 6.07) is 3.27. The number of hydrogen-bond donors (Lipinski definition) is 2. The van der Waals surface area contributed by atoms with Crippen molar-refractivity contribution in [2.75, 3.05) is 19.4 Å². The van der Waals surface area contributed by atoms with E-state index in [9.17, 15) is 12.8 Å². The molecule has 1 rings (SSSR count). The van der Waals surface area contributed by atoms with Gasteiger partial charge in [-0.3, -0.25) is 0 Å². The van der Waals surface area contributed by atoms with E-state index in [4.69, 9.17) is 5.11 Å². The fourth-order valence-electron chi connectivity index (χ4n) is 1.36. The number of benzene rings is 1. The first-order chi connectivity index (χ1) is 9.40. The Morgan fingerprint density at radius 3 is 2.80 bits per heavy atom. The normalized spacial score (nSPS) is 12.6. The molecule has 0 amide bonds. The molecule has 0 aliphatic carbocycles. The summed E-state index contributed by atoms with van der Waals surface area (Å²) in [4.78, 5) is -0.0897. The highest BCUT2D eigenvalue weighted by molar-refractivity contribution is 7.99. The zero-order chi connectivity index (χ0) is 15.2. The Hall–Kier alpha value is -1.07. The first-order valence-electron chi connectivity index (χ1n) is 5.82. The maximum Gasteiger partial charge on any atom is 0.241 e. The third-order valence-corrected chi connectivity index (χ3v) is 4.95. The topological polar surface area (TPSA) is 66.4 Å². The summed E-state index contributed by atoms with van der Waals surface area (Å²) in [6.07, 6.45) is 1.88. The van der Waals surface area contributed by atoms with Crippen molar-refractivity contribution in [3.05, 3.63) is 29.6 Å². The van der Waals surface area contributed by atoms with Crippen LogP contribution < -0.4 is 4.72 Å². The number of hydrogen-bond acceptors (Lipinski definition) is 4. The van der Waals surface area contributed by atoms with Crippen LogP contribution in [0.2, 0.25) is 0 Å². The zero-order valence-corrected chi connectivity index (χ0v) is 12.8. The molecule has 0 aliphatic heterocycles. The molecule has 0 radical (unpaired) electrons. The molecular weight excluding hydrogens is 301 g/mol. The Labute approximate surface area is 122 Å². The van der Waals surface area contributed by atoms with E-state index < -0.39 is 22.4 Å². The number of rotatable bonds is 5. The van der Waals surface area contributed by atoms with E-state index in [0.717, 1.165) is 12.1 Å². The van der Waals surface area contributed by atoms with Gasteiger partial charge in [0, 0.05) is 17.4 Å². The first kappa shape index (κ1) is 17.0. The van der Waals surface area contributed by atoms with Crippen molar-refractivity contribution in [1.82, 2.24) is 4.72 Å². The highest BCUT2D eigenvalue weighted by Crippen LogP contribution is 2.16. The summed E-state index contributed by atoms with van der Waals surface area (Å²) < 4.78 is 40.0. The van der Waals surface area contributed by atoms with Crippen molar-refractivity contribution >= 4 is 21.8 Å². The molecule has 0 heterocycles. The minimum atomic E-state index is -3.76. The number of halogens is 1. The van der Waals surface area contributed by atoms with E-state index >= 15 is 0 Å². The van der Waals surface area contributed by atoms with Gasteiger partial charge in [-0.2, -0.15) is 11.8 Å². The lowest BCUT2D eigenvalue weighted by molar-refractivity contribution is 0.350. The molecule has 0 fully saturated rings. The van der Waals surface area contributed by atoms with Crippen molar-refractivity contribution < 1.29 is 17.9 Å². The summed E-state index contributed by atoms with van der Waals surface area (Å²) in [5.41, 5.74) is 0.0309. The van der Waals surface area contributed by atoms with Gasteiger partial charge in [-0.25, -0.2) is 17.5 Å². The molecule has 0 spiro atoms. The van der Waals surface area contributed by atoms with Crippen molar-refractivity contribution in [2.24, 2.45) is 0 Å². The molecule has 110 valence electrons. The standard InChI is InChI=1S/C13H16FNO3S2/c1-10(19-2)9-15-20(17,18)13-6-5-12(14)8-11(13)4-3-7-16/h5-6,8,10,15-16H,7,9H2,1-2H3. The molecule has 2 N–H and O–H groups in total. The summed E-state index contributed by atoms with van der Waals surface area (Å²) in [6.45, 7) is 1.74. The Kier molecular flexibility index (Phi) is 6.49. The Balaban J connectivity index is 3.11. The van der Waals surface area contributed by atoms with Gasteiger partial charge in [0.05, 0.1) is 4.90 Å². The molecule has 0 aromatic heterocycles. The van der Waals surface area contributed by atoms with Crippen LogP contribution in [0, 0.1) is 17.7 Å². The molecular formula is C13H16FNO3S2. The summed E-state index contributed by atoms with van der Waals surface area (Å²) >= 11 is 1.53. The third kappa shape index (κ3) is 4.80. The predicted octanol–water partition coefficient (Wildman–Crippen LogP) is 1.20. The fraction of sp³-hybridized carbons (Fsp3) is 0.385. The maximum absolute atomic E-state index is 13.2. The quantitative estimate of drug-likeness (QED) is 0.801. The molecule has 0 saturated heterocycles. The van der Waals surface area contributed by atoms with E-state index in [0.29, 0.717) is 0 Å². The number of sulfonamides is 1. The van der Waals surface area contributed by atoms with Gasteiger partial charge in [-0.1, -0.05) is 18.8 Å². The van der Waals surface area contributed by atoms with Crippen LogP contribution in [0.25, 0.3) is 0 Å². The number of aliphatic hydroxyl groups is 1. The van der Waals surface area contributed by atoms with Gasteiger partial charge in [-0.05, 0) is 24.5 Å². The van der Waals surface area contributed by atoms with Gasteiger partial charge >= 0.3 is 0 Å². The Morgan fingerprint density at radius 1 is 1.50 bits per heavy atom. The number of nitrogens with one attached hydrogen (secondary N) is 1. The van der Waals surface area contributed by atoms with E-state index in [2.05, 4.69) is 16.6 Å². The van der Waals surface area contributed by atoms with E-state index in [1.807, 2.05) is 13.2 Å². The molecule has 0 bridgehead atoms. The van der Waals surface area contributed by atoms with Crippen LogP contribution in [0.4, 0.5) is 4.39 Å². The molecule has 7 heteroatoms. The fourth-order valence-corrected chi connectivity index (χ4v) is 2.98. The maximum atomic E-state index is 13.2. The molecule has 1 unspecified atom stereocenters. The molecule has 0 aliphatic rings. The SMILES string of the molecule is CSC(C)CNS(=O)(=O)c1ccc(F)cc1C#CCO. The highest BCUT2D eigenvalue weighted by atomic mass is 32.2. The number of aliphatic hydroxyl groups excluding tert-OH is 1. The van der Waals surface area contributed by atoms with Gasteiger partial charge in [0.15, 0.2) is 0 Å². The van der Waals surface area contributed by atoms with Crippen LogP contribution in [-0.2, 0) is 10.0 Å². The lowest BCUT2D eigenvalue weighted by atomic mass is 10.2. The van der Waals surface area contributed by atoms with Gasteiger partial charge in [-0.15, -0.1) is 0 Å². The predicted molar refractivity (Wildman–Crippen MR) is 78.5 cm³/mol. The second kappa shape index (κ2) is 7.64. The summed E-state index contributed by atoms with van der Waals surface area (Å²) in [5, 5.41) is 8.79. The van der Waals surface area contributed by atoms with Gasteiger partial charge < -0.3 is 5.11 Å². The first-order valence-corrected chi connectivity index (χ1v) is 8.59. The van der Waals surface area contributed by atoms with Crippen LogP contribution in [-0.4, -0.2) is 38.2 Å². The second-order valence-corrected chi connectivity index (χ2v) is 7.01. The van der Waals surface area contributed by atoms with Crippen LogP contribution in [0.15, 0.2) is 23.1 Å². The van der Waals surface area contributed by atoms with Crippen LogP contribution in [0.5, 0.6) is 0 Å². The molecule has 20 heavy (non-hydrogen) atoms. The molecule has 1 atom stereocenters. The van der Waals surface area contributed by atoms with E-state index in [1.54, 1.807) is 0 Å². The van der Waals surface area contributed by atoms with Gasteiger partial charge in [0.2, 0.25) is 10.0 Å². The van der Waals surface area contributed by atoms with Gasteiger partial charge in [0.25, 0.3) is 0 Å². The van der Waals surface area contributed by atoms with Crippen LogP contribution >= 0.6 is 11.8 Å². The van der Waals surface area contributed by atoms with E-state index in [1.165, 1.54) is 17.8 Å². The average Bonchev–Trinajstić information content (AvgIpc) is 2.42. The third-order valence-electron chi connectivity index (χ3n) is 2.50. The highest BCUT2D eigenvalue weighted by Gasteiger charge is 2.18. The smallest absolute Gasteiger partial charge is 0.241 e. The monoisotopic (exact) mass is 317 g/mol. The van der Waals surface area contributed by atoms with E-state index in [-0.39, 0.29) is 22.3 Å². The van der Waals surface area contributed by atoms with Crippen molar-refractivity contribution in [1.29, 1.82) is 0 Å². The zero-order valence-electron chi connectivity index (χ0n) is 11.2. The molecule has 4 nitrogen and oxygen atoms in total. The molecule has 0 saturated carbocycles. The van der Waals surface area contributed by atoms with Crippen molar-refractivity contribution in [3.63, 3.8) is 0 Å². The van der Waals surface area contributed by atoms with Gasteiger partial charge in [0.1, 0.15) is 12.4 Å². The van der Waals surface area contributed by atoms with Crippen LogP contribution in [0.3, 0.4) is 0 Å². The van der Waals surface area contributed by atoms with Crippen LogP contribution in [0.1, 0.15) is 12.5 Å². The lowest BCUT2D eigenvalue weighted by Gasteiger charge is -2.11. The van der Waals surface area contributed by atoms with Crippen molar-refractivity contribution in [2.45, 2.75) is 17.1 Å². The minimum Gasteiger partial charge on any atom is -0.384 e. The Bertz CT molecular complexity index is 620. The molecule has 1 aromatic carbocycles. The second-order valence-electron chi connectivity index (χ2n) is 4.00. The molecule has 1 aromatic rings. The lowest BCUT2D eigenvalue weighted by Crippen LogP contribution is -2.30. The Morgan fingerprint density at radius 2 is 2.20 bits per heavy atom. The number of thioether (sulfide) groups is 1. The summed E-state index contributed by atoms with van der Waals surface area (Å²) in [5.74, 6) is 4.19. The largest absolute Gasteiger partial charge is 0.384 e. The van der Waals surface area contributed by atoms with Crippen molar-refractivity contribution in [3.8, 4) is 11.8 Å². The average molecular weight is 317 g/mol. The minimum absolute atomic E-state index is 0.0309.